The van der Waals surface area contributed by atoms with Gasteiger partial charge in [0.05, 0.1) is 34.4 Å². The van der Waals surface area contributed by atoms with Crippen LogP contribution in [0.1, 0.15) is 64.2 Å². The Labute approximate surface area is 235 Å². The number of hydrogen-bond donors (Lipinski definition) is 0. The number of methoxy groups -OCH3 is 4. The zero-order valence-electron chi connectivity index (χ0n) is 24.6. The quantitative estimate of drug-likeness (QED) is 0.287. The Bertz CT molecular complexity index is 1340. The number of ketones is 1. The molecule has 0 amide bonds. The fourth-order valence-corrected chi connectivity index (χ4v) is 5.70. The van der Waals surface area contributed by atoms with Crippen molar-refractivity contribution in [2.75, 3.05) is 35.2 Å². The van der Waals surface area contributed by atoms with Crippen LogP contribution in [0.15, 0.2) is 23.8 Å². The predicted octanol–water partition coefficient (Wildman–Crippen LogP) is 6.02. The highest BCUT2D eigenvalue weighted by Crippen LogP contribution is 2.60. The Kier molecular flexibility index (Phi) is 8.51. The van der Waals surface area contributed by atoms with Crippen LogP contribution < -0.4 is 28.4 Å². The van der Waals surface area contributed by atoms with Crippen molar-refractivity contribution >= 4 is 11.8 Å². The van der Waals surface area contributed by atoms with Crippen molar-refractivity contribution in [3.05, 3.63) is 34.9 Å². The number of carbonyl (C=O) groups is 2. The first-order valence-electron chi connectivity index (χ1n) is 13.4. The number of Topliss-reactive ketones (excluding diaryl/α,β-unsaturated/α-hetero) is 1. The van der Waals surface area contributed by atoms with E-state index in [4.69, 9.17) is 33.2 Å². The van der Waals surface area contributed by atoms with Crippen LogP contribution in [0.5, 0.6) is 34.5 Å². The SMILES string of the molecule is C/C=C(\C)C(=O)[C@H]1c2cc(OC)c(OC)c(OC)c2-c2c(cc3c(c2OC)OCO3)[C@H](OC(=O)CC)[C@H](C)[C@H]1C. The molecule has 4 rings (SSSR count). The van der Waals surface area contributed by atoms with Crippen molar-refractivity contribution < 1.29 is 42.7 Å². The maximum absolute atomic E-state index is 14.1. The molecule has 0 aromatic heterocycles. The van der Waals surface area contributed by atoms with Gasteiger partial charge in [0.25, 0.3) is 0 Å². The second-order valence-corrected chi connectivity index (χ2v) is 10.0. The highest BCUT2D eigenvalue weighted by atomic mass is 16.7. The Morgan fingerprint density at radius 1 is 0.900 bits per heavy atom. The Morgan fingerprint density at radius 2 is 1.55 bits per heavy atom. The van der Waals surface area contributed by atoms with Crippen LogP contribution >= 0.6 is 0 Å². The van der Waals surface area contributed by atoms with Gasteiger partial charge in [-0.25, -0.2) is 0 Å². The van der Waals surface area contributed by atoms with E-state index in [-0.39, 0.29) is 36.8 Å². The molecule has 0 spiro atoms. The first-order valence-corrected chi connectivity index (χ1v) is 13.4. The summed E-state index contributed by atoms with van der Waals surface area (Å²) in [5.41, 5.74) is 3.10. The third kappa shape index (κ3) is 4.61. The fraction of sp³-hybridized carbons (Fsp3) is 0.484. The molecule has 0 saturated heterocycles. The Balaban J connectivity index is 2.26. The summed E-state index contributed by atoms with van der Waals surface area (Å²) in [6.07, 6.45) is 1.27. The van der Waals surface area contributed by atoms with Crippen molar-refractivity contribution in [3.63, 3.8) is 0 Å². The van der Waals surface area contributed by atoms with Gasteiger partial charge in [-0.1, -0.05) is 26.8 Å². The molecular formula is C31H38O9. The van der Waals surface area contributed by atoms with Gasteiger partial charge in [0, 0.05) is 29.0 Å². The van der Waals surface area contributed by atoms with E-state index in [1.165, 1.54) is 21.3 Å². The van der Waals surface area contributed by atoms with Gasteiger partial charge in [0.15, 0.2) is 28.8 Å². The topological polar surface area (TPSA) is 98.8 Å². The van der Waals surface area contributed by atoms with Crippen molar-refractivity contribution in [1.29, 1.82) is 0 Å². The first kappa shape index (κ1) is 29.1. The summed E-state index contributed by atoms with van der Waals surface area (Å²) in [7, 11) is 6.13. The van der Waals surface area contributed by atoms with Gasteiger partial charge < -0.3 is 33.2 Å². The molecule has 2 aliphatic rings. The lowest BCUT2D eigenvalue weighted by molar-refractivity contribution is -0.153. The fourth-order valence-electron chi connectivity index (χ4n) is 5.70. The summed E-state index contributed by atoms with van der Waals surface area (Å²) in [5, 5.41) is 0. The van der Waals surface area contributed by atoms with Gasteiger partial charge >= 0.3 is 5.97 Å². The number of fused-ring (bicyclic) bond motifs is 4. The third-order valence-electron chi connectivity index (χ3n) is 8.09. The van der Waals surface area contributed by atoms with Crippen LogP contribution in [0.2, 0.25) is 0 Å². The summed E-state index contributed by atoms with van der Waals surface area (Å²) in [4.78, 5) is 26.9. The number of ether oxygens (including phenoxy) is 7. The van der Waals surface area contributed by atoms with Gasteiger partial charge in [-0.15, -0.1) is 0 Å². The van der Waals surface area contributed by atoms with E-state index in [2.05, 4.69) is 0 Å². The lowest BCUT2D eigenvalue weighted by Crippen LogP contribution is -2.33. The van der Waals surface area contributed by atoms with Crippen LogP contribution in [0, 0.1) is 11.8 Å². The van der Waals surface area contributed by atoms with Crippen LogP contribution in [0.25, 0.3) is 11.1 Å². The zero-order chi connectivity index (χ0) is 29.3. The molecule has 216 valence electrons. The zero-order valence-corrected chi connectivity index (χ0v) is 24.6. The molecule has 0 N–H and O–H groups in total. The first-order chi connectivity index (χ1) is 19.2. The Morgan fingerprint density at radius 3 is 2.12 bits per heavy atom. The lowest BCUT2D eigenvalue weighted by atomic mass is 9.68. The summed E-state index contributed by atoms with van der Waals surface area (Å²) in [6, 6.07) is 3.66. The lowest BCUT2D eigenvalue weighted by Gasteiger charge is -2.39. The molecule has 2 aromatic carbocycles. The predicted molar refractivity (Wildman–Crippen MR) is 149 cm³/mol. The normalized spacial score (nSPS) is 21.4. The van der Waals surface area contributed by atoms with Crippen LogP contribution in [-0.4, -0.2) is 47.0 Å². The molecule has 1 aliphatic heterocycles. The molecule has 0 radical (unpaired) electrons. The third-order valence-corrected chi connectivity index (χ3v) is 8.09. The molecule has 4 atom stereocenters. The maximum atomic E-state index is 14.1. The van der Waals surface area contributed by atoms with E-state index in [9.17, 15) is 9.59 Å². The number of benzene rings is 2. The van der Waals surface area contributed by atoms with Crippen LogP contribution in [0.3, 0.4) is 0 Å². The highest BCUT2D eigenvalue weighted by molar-refractivity contribution is 6.03. The summed E-state index contributed by atoms with van der Waals surface area (Å²) in [5.74, 6) is 0.787. The summed E-state index contributed by atoms with van der Waals surface area (Å²) >= 11 is 0. The van der Waals surface area contributed by atoms with Crippen molar-refractivity contribution in [3.8, 4) is 45.6 Å². The van der Waals surface area contributed by atoms with Gasteiger partial charge in [0.1, 0.15) is 6.10 Å². The average Bonchev–Trinajstić information content (AvgIpc) is 3.45. The second-order valence-electron chi connectivity index (χ2n) is 10.0. The molecule has 0 bridgehead atoms. The number of allylic oxidation sites excluding steroid dienone is 2. The van der Waals surface area contributed by atoms with E-state index in [0.29, 0.717) is 62.3 Å². The number of rotatable bonds is 8. The molecule has 40 heavy (non-hydrogen) atoms. The number of carbonyl (C=O) groups excluding carboxylic acids is 2. The minimum Gasteiger partial charge on any atom is -0.493 e. The second kappa shape index (κ2) is 11.7. The molecule has 1 aliphatic carbocycles. The van der Waals surface area contributed by atoms with Crippen molar-refractivity contribution in [2.45, 2.75) is 53.1 Å². The molecule has 2 aromatic rings. The van der Waals surface area contributed by atoms with Crippen molar-refractivity contribution in [1.82, 2.24) is 0 Å². The van der Waals surface area contributed by atoms with Crippen LogP contribution in [0.4, 0.5) is 0 Å². The standard InChI is InChI=1S/C31H38O9/c1-10-15(3)26(33)23-16(4)17(5)27(40-22(32)11-2)19-13-21-29(39-14-38-21)31(37-9)25(19)24-18(23)12-20(34-6)28(35-7)30(24)36-8/h10,12-13,16-17,23,27H,11,14H2,1-9H3/b15-10+/t16-,17-,23-,27-/m1/s1. The summed E-state index contributed by atoms with van der Waals surface area (Å²) in [6.45, 7) is 9.40. The number of hydrogen-bond acceptors (Lipinski definition) is 9. The van der Waals surface area contributed by atoms with Gasteiger partial charge in [-0.2, -0.15) is 0 Å². The Hall–Kier alpha value is -3.88. The van der Waals surface area contributed by atoms with E-state index >= 15 is 0 Å². The molecule has 0 fully saturated rings. The van der Waals surface area contributed by atoms with E-state index in [0.717, 1.165) is 0 Å². The van der Waals surface area contributed by atoms with Gasteiger partial charge in [0.2, 0.25) is 18.3 Å². The molecule has 1 heterocycles. The minimum absolute atomic E-state index is 0.0114. The van der Waals surface area contributed by atoms with Crippen LogP contribution in [-0.2, 0) is 14.3 Å². The van der Waals surface area contributed by atoms with Crippen molar-refractivity contribution in [2.24, 2.45) is 11.8 Å². The smallest absolute Gasteiger partial charge is 0.306 e. The molecular weight excluding hydrogens is 516 g/mol. The minimum atomic E-state index is -0.729. The highest BCUT2D eigenvalue weighted by Gasteiger charge is 2.45. The van der Waals surface area contributed by atoms with E-state index < -0.39 is 12.0 Å². The molecule has 9 heteroatoms. The average molecular weight is 555 g/mol. The molecule has 0 unspecified atom stereocenters. The summed E-state index contributed by atoms with van der Waals surface area (Å²) < 4.78 is 41.2. The maximum Gasteiger partial charge on any atom is 0.306 e. The molecule has 9 nitrogen and oxygen atoms in total. The number of esters is 1. The molecule has 0 saturated carbocycles. The van der Waals surface area contributed by atoms with Gasteiger partial charge in [-0.05, 0) is 43.0 Å². The largest absolute Gasteiger partial charge is 0.493 e. The van der Waals surface area contributed by atoms with Gasteiger partial charge in [-0.3, -0.25) is 9.59 Å². The van der Waals surface area contributed by atoms with E-state index in [1.54, 1.807) is 27.0 Å². The monoisotopic (exact) mass is 554 g/mol. The van der Waals surface area contributed by atoms with E-state index in [1.807, 2.05) is 32.9 Å².